The molecular weight excluding hydrogens is 386 g/mol. The number of benzene rings is 1. The van der Waals surface area contributed by atoms with Crippen molar-refractivity contribution in [2.75, 3.05) is 32.7 Å². The average molecular weight is 422 g/mol. The van der Waals surface area contributed by atoms with Crippen molar-refractivity contribution in [3.05, 3.63) is 28.8 Å². The zero-order valence-electron chi connectivity index (χ0n) is 18.2. The Kier molecular flexibility index (Phi) is 7.02. The van der Waals surface area contributed by atoms with Gasteiger partial charge < -0.3 is 5.32 Å². The van der Waals surface area contributed by atoms with E-state index in [1.807, 2.05) is 32.9 Å². The number of nitrogens with one attached hydrogen (secondary N) is 1. The van der Waals surface area contributed by atoms with Crippen LogP contribution < -0.4 is 5.32 Å². The zero-order chi connectivity index (χ0) is 21.2. The summed E-state index contributed by atoms with van der Waals surface area (Å²) >= 11 is 0. The van der Waals surface area contributed by atoms with Crippen molar-refractivity contribution in [3.63, 3.8) is 0 Å². The fourth-order valence-corrected chi connectivity index (χ4v) is 6.55. The Balaban J connectivity index is 1.54. The lowest BCUT2D eigenvalue weighted by atomic mass is 9.87. The van der Waals surface area contributed by atoms with Gasteiger partial charge in [-0.05, 0) is 63.5 Å². The van der Waals surface area contributed by atoms with Gasteiger partial charge >= 0.3 is 0 Å². The molecule has 3 rings (SSSR count). The molecule has 1 saturated heterocycles. The van der Waals surface area contributed by atoms with Gasteiger partial charge in [-0.3, -0.25) is 9.69 Å². The summed E-state index contributed by atoms with van der Waals surface area (Å²) < 4.78 is 27.9. The average Bonchev–Trinajstić information content (AvgIpc) is 2.63. The number of rotatable bonds is 5. The van der Waals surface area contributed by atoms with Crippen molar-refractivity contribution in [3.8, 4) is 0 Å². The summed E-state index contributed by atoms with van der Waals surface area (Å²) in [5.41, 5.74) is 2.67. The molecule has 1 aliphatic heterocycles. The Labute approximate surface area is 175 Å². The topological polar surface area (TPSA) is 69.7 Å². The van der Waals surface area contributed by atoms with Crippen molar-refractivity contribution in [2.24, 2.45) is 5.92 Å². The van der Waals surface area contributed by atoms with Crippen molar-refractivity contribution < 1.29 is 13.2 Å². The highest BCUT2D eigenvalue weighted by Gasteiger charge is 2.31. The maximum absolute atomic E-state index is 13.2. The Morgan fingerprint density at radius 1 is 1.00 bits per heavy atom. The van der Waals surface area contributed by atoms with E-state index in [0.29, 0.717) is 43.7 Å². The van der Waals surface area contributed by atoms with Gasteiger partial charge in [0.05, 0.1) is 11.4 Å². The minimum Gasteiger partial charge on any atom is -0.352 e. The van der Waals surface area contributed by atoms with Crippen LogP contribution in [-0.2, 0) is 14.8 Å². The largest absolute Gasteiger partial charge is 0.352 e. The highest BCUT2D eigenvalue weighted by Crippen LogP contribution is 2.26. The number of carbonyl (C=O) groups is 1. The van der Waals surface area contributed by atoms with E-state index >= 15 is 0 Å². The molecule has 1 aliphatic carbocycles. The number of piperazine rings is 1. The third-order valence-electron chi connectivity index (χ3n) is 6.28. The molecule has 29 heavy (non-hydrogen) atoms. The molecule has 0 spiro atoms. The lowest BCUT2D eigenvalue weighted by Crippen LogP contribution is -2.52. The third-order valence-corrected chi connectivity index (χ3v) is 8.49. The Morgan fingerprint density at radius 2 is 1.55 bits per heavy atom. The van der Waals surface area contributed by atoms with Crippen molar-refractivity contribution in [1.82, 2.24) is 14.5 Å². The van der Waals surface area contributed by atoms with Crippen LogP contribution in [0.15, 0.2) is 17.0 Å². The number of hydrogen-bond acceptors (Lipinski definition) is 4. The molecule has 2 aliphatic rings. The number of aryl methyl sites for hydroxylation is 3. The van der Waals surface area contributed by atoms with Crippen LogP contribution in [0.5, 0.6) is 0 Å². The second-order valence-corrected chi connectivity index (χ2v) is 10.8. The lowest BCUT2D eigenvalue weighted by molar-refractivity contribution is -0.123. The van der Waals surface area contributed by atoms with E-state index in [9.17, 15) is 13.2 Å². The quantitative estimate of drug-likeness (QED) is 0.793. The van der Waals surface area contributed by atoms with Crippen molar-refractivity contribution in [1.29, 1.82) is 0 Å². The number of carbonyl (C=O) groups excluding carboxylic acids is 1. The van der Waals surface area contributed by atoms with Crippen molar-refractivity contribution in [2.45, 2.75) is 64.3 Å². The molecule has 0 bridgehead atoms. The van der Waals surface area contributed by atoms with Crippen LogP contribution in [0.25, 0.3) is 0 Å². The maximum atomic E-state index is 13.2. The van der Waals surface area contributed by atoms with Crippen LogP contribution >= 0.6 is 0 Å². The van der Waals surface area contributed by atoms with Gasteiger partial charge in [-0.1, -0.05) is 24.6 Å². The Bertz CT molecular complexity index is 814. The second-order valence-electron chi connectivity index (χ2n) is 8.93. The molecule has 0 radical (unpaired) electrons. The molecule has 6 nitrogen and oxygen atoms in total. The molecule has 7 heteroatoms. The van der Waals surface area contributed by atoms with Gasteiger partial charge in [0.1, 0.15) is 0 Å². The van der Waals surface area contributed by atoms with E-state index in [-0.39, 0.29) is 5.91 Å². The standard InChI is InChI=1S/C22H35N3O3S/c1-16-5-7-20(8-6-16)23-21(26)15-24-9-11-25(12-10-24)29(27,28)22-18(3)13-17(2)14-19(22)4/h13-14,16,20H,5-12,15H2,1-4H3,(H,23,26). The first-order valence-corrected chi connectivity index (χ1v) is 12.2. The van der Waals surface area contributed by atoms with Crippen LogP contribution in [0, 0.1) is 26.7 Å². The van der Waals surface area contributed by atoms with Gasteiger partial charge in [0.2, 0.25) is 15.9 Å². The normalized spacial score (nSPS) is 24.4. The summed E-state index contributed by atoms with van der Waals surface area (Å²) in [6.45, 7) is 10.3. The maximum Gasteiger partial charge on any atom is 0.243 e. The van der Waals surface area contributed by atoms with Gasteiger partial charge in [-0.15, -0.1) is 0 Å². The number of hydrogen-bond donors (Lipinski definition) is 1. The summed E-state index contributed by atoms with van der Waals surface area (Å²) in [5, 5.41) is 3.16. The molecule has 1 heterocycles. The highest BCUT2D eigenvalue weighted by molar-refractivity contribution is 7.89. The smallest absolute Gasteiger partial charge is 0.243 e. The summed E-state index contributed by atoms with van der Waals surface area (Å²) in [4.78, 5) is 14.9. The summed E-state index contributed by atoms with van der Waals surface area (Å²) in [5.74, 6) is 0.824. The monoisotopic (exact) mass is 421 g/mol. The van der Waals surface area contributed by atoms with E-state index in [2.05, 4.69) is 17.1 Å². The van der Waals surface area contributed by atoms with E-state index in [1.165, 1.54) is 12.8 Å². The molecule has 1 aromatic carbocycles. The van der Waals surface area contributed by atoms with E-state index in [4.69, 9.17) is 0 Å². The first-order chi connectivity index (χ1) is 13.7. The predicted molar refractivity (Wildman–Crippen MR) is 115 cm³/mol. The summed E-state index contributed by atoms with van der Waals surface area (Å²) in [7, 11) is -3.51. The molecule has 1 saturated carbocycles. The fourth-order valence-electron chi connectivity index (χ4n) is 4.71. The van der Waals surface area contributed by atoms with Crippen LogP contribution in [0.2, 0.25) is 0 Å². The van der Waals surface area contributed by atoms with Crippen LogP contribution in [0.4, 0.5) is 0 Å². The molecule has 0 unspecified atom stereocenters. The second kappa shape index (κ2) is 9.14. The first-order valence-electron chi connectivity index (χ1n) is 10.8. The molecular formula is C22H35N3O3S. The number of nitrogens with zero attached hydrogens (tertiary/aromatic N) is 2. The molecule has 0 aromatic heterocycles. The predicted octanol–water partition coefficient (Wildman–Crippen LogP) is 2.61. The highest BCUT2D eigenvalue weighted by atomic mass is 32.2. The van der Waals surface area contributed by atoms with E-state index < -0.39 is 10.0 Å². The molecule has 1 N–H and O–H groups in total. The molecule has 0 atom stereocenters. The summed E-state index contributed by atoms with van der Waals surface area (Å²) in [6.07, 6.45) is 4.49. The minimum absolute atomic E-state index is 0.0612. The fraction of sp³-hybridized carbons (Fsp3) is 0.682. The third kappa shape index (κ3) is 5.38. The number of sulfonamides is 1. The lowest BCUT2D eigenvalue weighted by Gasteiger charge is -2.34. The van der Waals surface area contributed by atoms with Crippen LogP contribution in [0.3, 0.4) is 0 Å². The molecule has 1 aromatic rings. The van der Waals surface area contributed by atoms with Gasteiger partial charge in [-0.2, -0.15) is 4.31 Å². The van der Waals surface area contributed by atoms with Crippen LogP contribution in [-0.4, -0.2) is 62.3 Å². The van der Waals surface area contributed by atoms with E-state index in [1.54, 1.807) is 4.31 Å². The summed E-state index contributed by atoms with van der Waals surface area (Å²) in [6, 6.07) is 4.15. The van der Waals surface area contributed by atoms with Gasteiger partial charge in [0, 0.05) is 32.2 Å². The number of amides is 1. The Morgan fingerprint density at radius 3 is 2.10 bits per heavy atom. The van der Waals surface area contributed by atoms with Gasteiger partial charge in [0.25, 0.3) is 0 Å². The van der Waals surface area contributed by atoms with Crippen molar-refractivity contribution >= 4 is 15.9 Å². The molecule has 1 amide bonds. The zero-order valence-corrected chi connectivity index (χ0v) is 19.0. The van der Waals surface area contributed by atoms with E-state index in [0.717, 1.165) is 35.4 Å². The molecule has 2 fully saturated rings. The van der Waals surface area contributed by atoms with Gasteiger partial charge in [-0.25, -0.2) is 8.42 Å². The first kappa shape index (κ1) is 22.2. The Hall–Kier alpha value is -1.44. The minimum atomic E-state index is -3.51. The molecule has 162 valence electrons. The van der Waals surface area contributed by atoms with Gasteiger partial charge in [0.15, 0.2) is 0 Å². The SMILES string of the molecule is Cc1cc(C)c(S(=O)(=O)N2CCN(CC(=O)NC3CCC(C)CC3)CC2)c(C)c1. The van der Waals surface area contributed by atoms with Crippen LogP contribution in [0.1, 0.15) is 49.3 Å².